The molecule has 4 unspecified atom stereocenters. The summed E-state index contributed by atoms with van der Waals surface area (Å²) in [5.41, 5.74) is 6.47. The minimum absolute atomic E-state index is 0.165. The van der Waals surface area contributed by atoms with E-state index in [0.29, 0.717) is 17.8 Å². The first-order valence-electron chi connectivity index (χ1n) is 13.4. The molecule has 0 aromatic heterocycles. The molecule has 0 saturated heterocycles. The average Bonchev–Trinajstić information content (AvgIpc) is 3.25. The van der Waals surface area contributed by atoms with Gasteiger partial charge in [-0.25, -0.2) is 0 Å². The van der Waals surface area contributed by atoms with Crippen molar-refractivity contribution >= 4 is 11.4 Å². The molecule has 0 heterocycles. The summed E-state index contributed by atoms with van der Waals surface area (Å²) in [6, 6.07) is 15.0. The van der Waals surface area contributed by atoms with Crippen LogP contribution in [0, 0.1) is 23.7 Å². The van der Waals surface area contributed by atoms with Crippen LogP contribution in [-0.2, 0) is 0 Å². The molecule has 1 fully saturated rings. The lowest BCUT2D eigenvalue weighted by Gasteiger charge is -2.36. The van der Waals surface area contributed by atoms with Crippen LogP contribution in [0.5, 0.6) is 0 Å². The van der Waals surface area contributed by atoms with Gasteiger partial charge in [0.05, 0.1) is 0 Å². The van der Waals surface area contributed by atoms with E-state index >= 15 is 0 Å². The first-order valence-corrected chi connectivity index (χ1v) is 13.4. The van der Waals surface area contributed by atoms with Gasteiger partial charge in [0.2, 0.25) is 0 Å². The first-order chi connectivity index (χ1) is 16.2. The molecule has 0 amide bonds. The summed E-state index contributed by atoms with van der Waals surface area (Å²) in [5.74, 6) is 3.76. The lowest BCUT2D eigenvalue weighted by molar-refractivity contribution is 0.103. The number of ketones is 1. The molecule has 180 valence electrons. The normalized spacial score (nSPS) is 24.6. The van der Waals surface area contributed by atoms with Gasteiger partial charge in [-0.1, -0.05) is 96.2 Å². The van der Waals surface area contributed by atoms with Crippen LogP contribution in [0.3, 0.4) is 0 Å². The van der Waals surface area contributed by atoms with Crippen LogP contribution in [0.1, 0.15) is 112 Å². The van der Waals surface area contributed by atoms with E-state index in [9.17, 15) is 4.79 Å². The van der Waals surface area contributed by atoms with Crippen molar-refractivity contribution in [2.75, 3.05) is 0 Å². The Labute approximate surface area is 207 Å². The minimum atomic E-state index is 0.165. The van der Waals surface area contributed by atoms with Crippen molar-refractivity contribution in [1.82, 2.24) is 0 Å². The highest BCUT2D eigenvalue weighted by molar-refractivity contribution is 6.13. The predicted octanol–water partition coefficient (Wildman–Crippen LogP) is 9.20. The van der Waals surface area contributed by atoms with Gasteiger partial charge in [0.1, 0.15) is 0 Å². The summed E-state index contributed by atoms with van der Waals surface area (Å²) < 4.78 is 0. The summed E-state index contributed by atoms with van der Waals surface area (Å²) in [6.07, 6.45) is 11.7. The monoisotopic (exact) mass is 454 g/mol. The third-order valence-corrected chi connectivity index (χ3v) is 8.06. The Morgan fingerprint density at radius 1 is 0.971 bits per heavy atom. The van der Waals surface area contributed by atoms with E-state index in [0.717, 1.165) is 40.0 Å². The third-order valence-electron chi connectivity index (χ3n) is 8.06. The second kappa shape index (κ2) is 10.5. The van der Waals surface area contributed by atoms with Gasteiger partial charge in [-0.15, -0.1) is 0 Å². The molecule has 1 nitrogen and oxygen atoms in total. The van der Waals surface area contributed by atoms with Crippen LogP contribution < -0.4 is 0 Å². The van der Waals surface area contributed by atoms with Crippen LogP contribution in [0.15, 0.2) is 60.7 Å². The van der Waals surface area contributed by atoms with E-state index in [4.69, 9.17) is 0 Å². The third kappa shape index (κ3) is 5.29. The molecular formula is C33H42O. The smallest absolute Gasteiger partial charge is 0.193 e. The maximum atomic E-state index is 14.1. The Balaban J connectivity index is 1.75. The molecule has 0 spiro atoms. The standard InChI is InChI=1S/C33H42O/c1-21(2)17-28-19-25(14-12-24(28)6)26-15-16-30(27-13-11-23(5)18-27)32(20-26)33(34)31-10-8-7-9-29(31)22(3)4/h7-11,13,15-16,18,20-25,28H,12,14,17,19H2,1-6H3. The molecular weight excluding hydrogens is 412 g/mol. The van der Waals surface area contributed by atoms with Crippen LogP contribution in [0.4, 0.5) is 0 Å². The Bertz CT molecular complexity index is 1080. The SMILES string of the molecule is CC1C=CC(c2ccc(C3CCC(C)C(CC(C)C)C3)cc2C(=O)c2ccccc2C(C)C)=C1. The number of rotatable bonds is 7. The molecule has 2 aliphatic rings. The van der Waals surface area contributed by atoms with Gasteiger partial charge in [0.15, 0.2) is 5.78 Å². The molecule has 0 bridgehead atoms. The molecule has 1 heteroatoms. The second-order valence-electron chi connectivity index (χ2n) is 11.6. The molecule has 34 heavy (non-hydrogen) atoms. The predicted molar refractivity (Wildman–Crippen MR) is 145 cm³/mol. The fourth-order valence-corrected chi connectivity index (χ4v) is 6.09. The fourth-order valence-electron chi connectivity index (χ4n) is 6.09. The number of carbonyl (C=O) groups is 1. The topological polar surface area (TPSA) is 17.1 Å². The molecule has 4 atom stereocenters. The van der Waals surface area contributed by atoms with Crippen LogP contribution >= 0.6 is 0 Å². The van der Waals surface area contributed by atoms with E-state index in [1.165, 1.54) is 36.8 Å². The molecule has 2 aliphatic carbocycles. The summed E-state index contributed by atoms with van der Waals surface area (Å²) >= 11 is 0. The zero-order valence-corrected chi connectivity index (χ0v) is 22.0. The van der Waals surface area contributed by atoms with E-state index in [-0.39, 0.29) is 5.78 Å². The molecule has 0 N–H and O–H groups in total. The van der Waals surface area contributed by atoms with Gasteiger partial charge in [0.25, 0.3) is 0 Å². The number of benzene rings is 2. The van der Waals surface area contributed by atoms with E-state index < -0.39 is 0 Å². The number of allylic oxidation sites excluding steroid dienone is 4. The van der Waals surface area contributed by atoms with Gasteiger partial charge in [-0.2, -0.15) is 0 Å². The van der Waals surface area contributed by atoms with Crippen LogP contribution in [0.2, 0.25) is 0 Å². The molecule has 4 rings (SSSR count). The Morgan fingerprint density at radius 3 is 2.41 bits per heavy atom. The summed E-state index contributed by atoms with van der Waals surface area (Å²) in [4.78, 5) is 14.1. The second-order valence-corrected chi connectivity index (χ2v) is 11.6. The van der Waals surface area contributed by atoms with Gasteiger partial charge in [-0.3, -0.25) is 4.79 Å². The van der Waals surface area contributed by atoms with Crippen LogP contribution in [-0.4, -0.2) is 5.78 Å². The first kappa shape index (κ1) is 24.7. The zero-order chi connectivity index (χ0) is 24.4. The molecule has 0 aliphatic heterocycles. The Morgan fingerprint density at radius 2 is 1.74 bits per heavy atom. The van der Waals surface area contributed by atoms with Crippen molar-refractivity contribution in [2.24, 2.45) is 23.7 Å². The van der Waals surface area contributed by atoms with E-state index in [1.807, 2.05) is 18.2 Å². The van der Waals surface area contributed by atoms with Gasteiger partial charge >= 0.3 is 0 Å². The van der Waals surface area contributed by atoms with E-state index in [1.54, 1.807) is 0 Å². The molecule has 1 saturated carbocycles. The molecule has 2 aromatic rings. The van der Waals surface area contributed by atoms with Gasteiger partial charge < -0.3 is 0 Å². The maximum absolute atomic E-state index is 14.1. The number of hydrogen-bond acceptors (Lipinski definition) is 1. The molecule has 2 aromatic carbocycles. The number of carbonyl (C=O) groups excluding carboxylic acids is 1. The Hall–Kier alpha value is -2.41. The highest BCUT2D eigenvalue weighted by atomic mass is 16.1. The quantitative estimate of drug-likeness (QED) is 0.381. The largest absolute Gasteiger partial charge is 0.289 e. The molecule has 0 radical (unpaired) electrons. The lowest BCUT2D eigenvalue weighted by atomic mass is 9.69. The highest BCUT2D eigenvalue weighted by Crippen LogP contribution is 2.43. The van der Waals surface area contributed by atoms with Crippen molar-refractivity contribution in [2.45, 2.75) is 79.1 Å². The van der Waals surface area contributed by atoms with Crippen molar-refractivity contribution in [3.63, 3.8) is 0 Å². The van der Waals surface area contributed by atoms with Crippen molar-refractivity contribution in [3.05, 3.63) is 88.5 Å². The fraction of sp³-hybridized carbons (Fsp3) is 0.485. The van der Waals surface area contributed by atoms with Gasteiger partial charge in [0, 0.05) is 11.1 Å². The summed E-state index contributed by atoms with van der Waals surface area (Å²) in [5, 5.41) is 0. The van der Waals surface area contributed by atoms with E-state index in [2.05, 4.69) is 84.0 Å². The average molecular weight is 455 g/mol. The van der Waals surface area contributed by atoms with Crippen molar-refractivity contribution in [1.29, 1.82) is 0 Å². The Kier molecular flexibility index (Phi) is 7.60. The van der Waals surface area contributed by atoms with Crippen molar-refractivity contribution in [3.8, 4) is 0 Å². The lowest BCUT2D eigenvalue weighted by Crippen LogP contribution is -2.23. The zero-order valence-electron chi connectivity index (χ0n) is 22.0. The maximum Gasteiger partial charge on any atom is 0.193 e. The summed E-state index contributed by atoms with van der Waals surface area (Å²) in [6.45, 7) is 13.7. The van der Waals surface area contributed by atoms with Gasteiger partial charge in [-0.05, 0) is 89.5 Å². The van der Waals surface area contributed by atoms with Crippen LogP contribution in [0.25, 0.3) is 5.57 Å². The minimum Gasteiger partial charge on any atom is -0.289 e. The summed E-state index contributed by atoms with van der Waals surface area (Å²) in [7, 11) is 0. The number of hydrogen-bond donors (Lipinski definition) is 0. The van der Waals surface area contributed by atoms with Crippen molar-refractivity contribution < 1.29 is 4.79 Å². The highest BCUT2D eigenvalue weighted by Gasteiger charge is 2.30.